The van der Waals surface area contributed by atoms with E-state index < -0.39 is 0 Å². The summed E-state index contributed by atoms with van der Waals surface area (Å²) in [6.45, 7) is 0. The predicted octanol–water partition coefficient (Wildman–Crippen LogP) is 3.47. The lowest BCUT2D eigenvalue weighted by atomic mass is 10.2. The van der Waals surface area contributed by atoms with Crippen LogP contribution in [0.25, 0.3) is 20.8 Å². The second-order valence-electron chi connectivity index (χ2n) is 3.43. The third-order valence-corrected chi connectivity index (χ3v) is 3.44. The Bertz CT molecular complexity index is 612. The zero-order valence-electron chi connectivity index (χ0n) is 8.34. The molecule has 0 spiro atoms. The molecule has 0 saturated heterocycles. The van der Waals surface area contributed by atoms with Gasteiger partial charge in [-0.05, 0) is 30.3 Å². The number of phenols is 1. The molecule has 0 aliphatic heterocycles. The molecule has 1 N–H and O–H groups in total. The minimum atomic E-state index is 0.224. The maximum Gasteiger partial charge on any atom is 0.128 e. The Morgan fingerprint density at radius 1 is 1.19 bits per heavy atom. The third-order valence-electron chi connectivity index (χ3n) is 2.37. The number of para-hydroxylation sites is 1. The van der Waals surface area contributed by atoms with E-state index in [4.69, 9.17) is 0 Å². The molecule has 0 fully saturated rings. The monoisotopic (exact) mass is 226 g/mol. The van der Waals surface area contributed by atoms with Gasteiger partial charge in [0.2, 0.25) is 0 Å². The Balaban J connectivity index is 2.23. The van der Waals surface area contributed by atoms with Crippen molar-refractivity contribution in [1.82, 2.24) is 4.98 Å². The van der Waals surface area contributed by atoms with E-state index >= 15 is 0 Å². The number of aromatic nitrogens is 1. The summed E-state index contributed by atoms with van der Waals surface area (Å²) in [7, 11) is 0. The Kier molecular flexibility index (Phi) is 2.11. The van der Waals surface area contributed by atoms with E-state index in [0.29, 0.717) is 0 Å². The fourth-order valence-electron chi connectivity index (χ4n) is 1.59. The molecule has 3 heteroatoms. The Morgan fingerprint density at radius 2 is 2.06 bits per heavy atom. The highest BCUT2D eigenvalue weighted by Crippen LogP contribution is 2.34. The zero-order valence-corrected chi connectivity index (χ0v) is 9.16. The van der Waals surface area contributed by atoms with Crippen molar-refractivity contribution in [2.75, 3.05) is 0 Å². The third kappa shape index (κ3) is 1.46. The van der Waals surface area contributed by atoms with Gasteiger partial charge in [-0.2, -0.15) is 0 Å². The first kappa shape index (κ1) is 9.36. The number of hydrogen-bond acceptors (Lipinski definition) is 3. The van der Waals surface area contributed by atoms with Crippen molar-refractivity contribution in [3.05, 3.63) is 48.5 Å². The largest absolute Gasteiger partial charge is 0.507 e. The van der Waals surface area contributed by atoms with Gasteiger partial charge in [-0.25, -0.2) is 4.98 Å². The van der Waals surface area contributed by atoms with Crippen LogP contribution in [0.2, 0.25) is 0 Å². The summed E-state index contributed by atoms with van der Waals surface area (Å²) in [5.41, 5.74) is 1.73. The van der Waals surface area contributed by atoms with Crippen LogP contribution in [0, 0.1) is 6.07 Å². The fourth-order valence-corrected chi connectivity index (χ4v) is 2.59. The van der Waals surface area contributed by atoms with Crippen molar-refractivity contribution in [3.63, 3.8) is 0 Å². The van der Waals surface area contributed by atoms with Crippen LogP contribution in [-0.2, 0) is 0 Å². The molecule has 2 aromatic carbocycles. The van der Waals surface area contributed by atoms with Crippen molar-refractivity contribution in [2.24, 2.45) is 0 Å². The van der Waals surface area contributed by atoms with Crippen LogP contribution in [0.3, 0.4) is 0 Å². The first-order chi connectivity index (χ1) is 7.84. The van der Waals surface area contributed by atoms with Crippen molar-refractivity contribution >= 4 is 21.6 Å². The van der Waals surface area contributed by atoms with Crippen molar-refractivity contribution in [1.29, 1.82) is 0 Å². The summed E-state index contributed by atoms with van der Waals surface area (Å²) in [6.07, 6.45) is 0. The normalized spacial score (nSPS) is 10.8. The minimum Gasteiger partial charge on any atom is -0.507 e. The Labute approximate surface area is 96.8 Å². The number of hydrogen-bond donors (Lipinski definition) is 1. The number of nitrogens with zero attached hydrogens (tertiary/aromatic N) is 1. The smallest absolute Gasteiger partial charge is 0.128 e. The maximum atomic E-state index is 9.72. The molecule has 0 aliphatic carbocycles. The lowest BCUT2D eigenvalue weighted by molar-refractivity contribution is 0.477. The van der Waals surface area contributed by atoms with Crippen molar-refractivity contribution in [2.45, 2.75) is 0 Å². The molecule has 3 rings (SSSR count). The van der Waals surface area contributed by atoms with Gasteiger partial charge < -0.3 is 5.11 Å². The number of fused-ring (bicyclic) bond motifs is 1. The van der Waals surface area contributed by atoms with E-state index in [2.05, 4.69) is 11.1 Å². The summed E-state index contributed by atoms with van der Waals surface area (Å²) < 4.78 is 1.13. The summed E-state index contributed by atoms with van der Waals surface area (Å²) in [5, 5.41) is 10.6. The van der Waals surface area contributed by atoms with Crippen LogP contribution >= 0.6 is 11.3 Å². The van der Waals surface area contributed by atoms with E-state index in [0.717, 1.165) is 20.8 Å². The molecular formula is C13H8NOS. The van der Waals surface area contributed by atoms with Crippen LogP contribution < -0.4 is 0 Å². The van der Waals surface area contributed by atoms with E-state index in [1.807, 2.05) is 30.3 Å². The van der Waals surface area contributed by atoms with Crippen LogP contribution in [0.1, 0.15) is 0 Å². The average Bonchev–Trinajstić information content (AvgIpc) is 2.73. The molecule has 2 nitrogen and oxygen atoms in total. The highest BCUT2D eigenvalue weighted by atomic mass is 32.1. The standard InChI is InChI=1S/C13H8NOS/c15-11-7-3-1-5-9(11)13-14-10-6-2-4-8-12(10)16-13/h1-2,4-8,15H. The van der Waals surface area contributed by atoms with Gasteiger partial charge in [0.25, 0.3) is 0 Å². The molecule has 0 aliphatic rings. The van der Waals surface area contributed by atoms with Crippen LogP contribution in [0.4, 0.5) is 0 Å². The summed E-state index contributed by atoms with van der Waals surface area (Å²) in [6, 6.07) is 15.9. The first-order valence-corrected chi connectivity index (χ1v) is 5.71. The van der Waals surface area contributed by atoms with E-state index in [1.165, 1.54) is 0 Å². The maximum absolute atomic E-state index is 9.72. The second kappa shape index (κ2) is 3.61. The number of benzene rings is 2. The van der Waals surface area contributed by atoms with Crippen molar-refractivity contribution in [3.8, 4) is 16.3 Å². The average molecular weight is 226 g/mol. The Morgan fingerprint density at radius 3 is 2.88 bits per heavy atom. The minimum absolute atomic E-state index is 0.224. The van der Waals surface area contributed by atoms with Gasteiger partial charge >= 0.3 is 0 Å². The molecule has 1 aromatic heterocycles. The highest BCUT2D eigenvalue weighted by Gasteiger charge is 2.08. The molecule has 0 amide bonds. The SMILES string of the molecule is Oc1c[c]ccc1-c1nc2ccccc2s1. The van der Waals surface area contributed by atoms with Gasteiger partial charge in [0.15, 0.2) is 0 Å². The fraction of sp³-hybridized carbons (Fsp3) is 0. The van der Waals surface area contributed by atoms with E-state index in [1.54, 1.807) is 23.5 Å². The molecule has 77 valence electrons. The second-order valence-corrected chi connectivity index (χ2v) is 4.46. The molecule has 1 heterocycles. The van der Waals surface area contributed by atoms with Crippen LogP contribution in [0.15, 0.2) is 42.5 Å². The van der Waals surface area contributed by atoms with Gasteiger partial charge in [0, 0.05) is 0 Å². The number of thiazole rings is 1. The summed E-state index contributed by atoms with van der Waals surface area (Å²) in [5.74, 6) is 0.224. The Hall–Kier alpha value is -1.87. The summed E-state index contributed by atoms with van der Waals surface area (Å²) >= 11 is 1.58. The molecule has 3 aromatic rings. The van der Waals surface area contributed by atoms with Gasteiger partial charge in [0.05, 0.1) is 15.8 Å². The van der Waals surface area contributed by atoms with Crippen molar-refractivity contribution < 1.29 is 5.11 Å². The molecule has 1 radical (unpaired) electrons. The van der Waals surface area contributed by atoms with Gasteiger partial charge in [0.1, 0.15) is 10.8 Å². The van der Waals surface area contributed by atoms with E-state index in [9.17, 15) is 5.11 Å². The van der Waals surface area contributed by atoms with Crippen LogP contribution in [-0.4, -0.2) is 10.1 Å². The quantitative estimate of drug-likeness (QED) is 0.689. The molecule has 16 heavy (non-hydrogen) atoms. The first-order valence-electron chi connectivity index (χ1n) is 4.89. The van der Waals surface area contributed by atoms with Crippen LogP contribution in [0.5, 0.6) is 5.75 Å². The molecular weight excluding hydrogens is 218 g/mol. The molecule has 0 unspecified atom stereocenters. The molecule has 0 atom stereocenters. The number of rotatable bonds is 1. The number of phenolic OH excluding ortho intramolecular Hbond substituents is 1. The topological polar surface area (TPSA) is 33.1 Å². The number of aromatic hydroxyl groups is 1. The lowest BCUT2D eigenvalue weighted by Gasteiger charge is -1.97. The summed E-state index contributed by atoms with van der Waals surface area (Å²) in [4.78, 5) is 4.49. The van der Waals surface area contributed by atoms with Gasteiger partial charge in [-0.3, -0.25) is 0 Å². The lowest BCUT2D eigenvalue weighted by Crippen LogP contribution is -1.76. The molecule has 0 bridgehead atoms. The predicted molar refractivity (Wildman–Crippen MR) is 65.6 cm³/mol. The van der Waals surface area contributed by atoms with E-state index in [-0.39, 0.29) is 5.75 Å². The molecule has 0 saturated carbocycles. The zero-order chi connectivity index (χ0) is 11.0. The highest BCUT2D eigenvalue weighted by molar-refractivity contribution is 7.21. The van der Waals surface area contributed by atoms with Gasteiger partial charge in [-0.1, -0.05) is 18.2 Å². The van der Waals surface area contributed by atoms with Gasteiger partial charge in [-0.15, -0.1) is 11.3 Å².